The third-order valence-corrected chi connectivity index (χ3v) is 4.50. The molecule has 0 saturated heterocycles. The van der Waals surface area contributed by atoms with E-state index in [1.165, 1.54) is 50.6 Å². The molecule has 3 aromatic rings. The molecule has 0 saturated carbocycles. The van der Waals surface area contributed by atoms with E-state index in [2.05, 4.69) is 10.6 Å². The van der Waals surface area contributed by atoms with Gasteiger partial charge in [0.05, 0.1) is 30.5 Å². The van der Waals surface area contributed by atoms with E-state index in [9.17, 15) is 19.7 Å². The van der Waals surface area contributed by atoms with Crippen LogP contribution in [-0.2, 0) is 4.79 Å². The lowest BCUT2D eigenvalue weighted by Crippen LogP contribution is -2.21. The van der Waals surface area contributed by atoms with Crippen molar-refractivity contribution in [3.63, 3.8) is 0 Å². The highest BCUT2D eigenvalue weighted by Gasteiger charge is 2.16. The summed E-state index contributed by atoms with van der Waals surface area (Å²) in [7, 11) is 2.86. The molecule has 0 radical (unpaired) electrons. The minimum atomic E-state index is -0.526. The lowest BCUT2D eigenvalue weighted by molar-refractivity contribution is -0.384. The standard InChI is InChI=1S/C23H21N3O7/c1-31-20-13-19(25-23(28)15-6-4-3-5-7-15)21(32-2)12-18(20)24-22(27)14-33-17-10-8-16(9-11-17)26(29)30/h3-13H,14H2,1-2H3,(H,24,27)(H,25,28). The molecule has 0 unspecified atom stereocenters. The monoisotopic (exact) mass is 451 g/mol. The van der Waals surface area contributed by atoms with Gasteiger partial charge in [-0.2, -0.15) is 0 Å². The van der Waals surface area contributed by atoms with E-state index >= 15 is 0 Å². The zero-order valence-electron chi connectivity index (χ0n) is 17.9. The highest BCUT2D eigenvalue weighted by Crippen LogP contribution is 2.36. The van der Waals surface area contributed by atoms with Crippen LogP contribution in [0.1, 0.15) is 10.4 Å². The number of carbonyl (C=O) groups is 2. The minimum Gasteiger partial charge on any atom is -0.494 e. The zero-order valence-corrected chi connectivity index (χ0v) is 17.9. The first-order valence-electron chi connectivity index (χ1n) is 9.70. The smallest absolute Gasteiger partial charge is 0.269 e. The average molecular weight is 451 g/mol. The maximum Gasteiger partial charge on any atom is 0.269 e. The normalized spacial score (nSPS) is 10.1. The van der Waals surface area contributed by atoms with E-state index in [0.717, 1.165) is 0 Å². The number of amides is 2. The third-order valence-electron chi connectivity index (χ3n) is 4.50. The number of rotatable bonds is 9. The quantitative estimate of drug-likeness (QED) is 0.373. The van der Waals surface area contributed by atoms with Gasteiger partial charge in [-0.05, 0) is 24.3 Å². The number of nitrogens with one attached hydrogen (secondary N) is 2. The molecule has 0 aliphatic heterocycles. The van der Waals surface area contributed by atoms with Crippen molar-refractivity contribution in [1.29, 1.82) is 0 Å². The van der Waals surface area contributed by atoms with Gasteiger partial charge >= 0.3 is 0 Å². The molecule has 170 valence electrons. The van der Waals surface area contributed by atoms with Crippen LogP contribution in [0.15, 0.2) is 66.7 Å². The lowest BCUT2D eigenvalue weighted by atomic mass is 10.2. The predicted octanol–water partition coefficient (Wildman–Crippen LogP) is 3.88. The number of anilines is 2. The Hall–Kier alpha value is -4.60. The molecule has 0 aliphatic carbocycles. The number of nitrogens with zero attached hydrogens (tertiary/aromatic N) is 1. The van der Waals surface area contributed by atoms with Gasteiger partial charge in [0.15, 0.2) is 6.61 Å². The van der Waals surface area contributed by atoms with Gasteiger partial charge in [0.25, 0.3) is 17.5 Å². The summed E-state index contributed by atoms with van der Waals surface area (Å²) in [5.41, 5.74) is 1.06. The summed E-state index contributed by atoms with van der Waals surface area (Å²) in [6.07, 6.45) is 0. The van der Waals surface area contributed by atoms with Crippen LogP contribution >= 0.6 is 0 Å². The first kappa shape index (κ1) is 23.1. The number of methoxy groups -OCH3 is 2. The Morgan fingerprint density at radius 3 is 2.00 bits per heavy atom. The van der Waals surface area contributed by atoms with E-state index in [1.807, 2.05) is 6.07 Å². The first-order chi connectivity index (χ1) is 15.9. The molecule has 2 N–H and O–H groups in total. The van der Waals surface area contributed by atoms with Crippen molar-refractivity contribution in [2.75, 3.05) is 31.5 Å². The van der Waals surface area contributed by atoms with Crippen molar-refractivity contribution >= 4 is 28.9 Å². The lowest BCUT2D eigenvalue weighted by Gasteiger charge is -2.16. The molecular weight excluding hydrogens is 430 g/mol. The molecule has 10 heteroatoms. The van der Waals surface area contributed by atoms with Crippen LogP contribution in [0, 0.1) is 10.1 Å². The van der Waals surface area contributed by atoms with Gasteiger partial charge in [-0.25, -0.2) is 0 Å². The summed E-state index contributed by atoms with van der Waals surface area (Å²) in [6, 6.07) is 17.1. The third kappa shape index (κ3) is 5.97. The number of nitro benzene ring substituents is 1. The van der Waals surface area contributed by atoms with Crippen molar-refractivity contribution in [2.24, 2.45) is 0 Å². The summed E-state index contributed by atoms with van der Waals surface area (Å²) in [6.45, 7) is -0.338. The summed E-state index contributed by atoms with van der Waals surface area (Å²) < 4.78 is 16.1. The second-order valence-corrected chi connectivity index (χ2v) is 6.66. The fourth-order valence-corrected chi connectivity index (χ4v) is 2.88. The Kier molecular flexibility index (Phi) is 7.43. The molecule has 0 bridgehead atoms. The summed E-state index contributed by atoms with van der Waals surface area (Å²) in [5.74, 6) is 0.0906. The molecule has 0 aromatic heterocycles. The summed E-state index contributed by atoms with van der Waals surface area (Å²) >= 11 is 0. The molecule has 0 aliphatic rings. The Morgan fingerprint density at radius 1 is 0.879 bits per heavy atom. The van der Waals surface area contributed by atoms with Gasteiger partial charge in [0.2, 0.25) is 0 Å². The molecule has 0 atom stereocenters. The van der Waals surface area contributed by atoms with Crippen molar-refractivity contribution in [2.45, 2.75) is 0 Å². The number of hydrogen-bond acceptors (Lipinski definition) is 7. The Bertz CT molecular complexity index is 1150. The molecule has 10 nitrogen and oxygen atoms in total. The molecule has 0 heterocycles. The minimum absolute atomic E-state index is 0.0805. The molecule has 3 rings (SSSR count). The highest BCUT2D eigenvalue weighted by atomic mass is 16.6. The summed E-state index contributed by atoms with van der Waals surface area (Å²) in [4.78, 5) is 35.0. The molecule has 3 aromatic carbocycles. The van der Waals surface area contributed by atoms with Crippen LogP contribution in [0.5, 0.6) is 17.2 Å². The van der Waals surface area contributed by atoms with E-state index in [1.54, 1.807) is 24.3 Å². The Labute approximate surface area is 189 Å². The van der Waals surface area contributed by atoms with Gasteiger partial charge in [0, 0.05) is 29.8 Å². The maximum absolute atomic E-state index is 12.5. The fourth-order valence-electron chi connectivity index (χ4n) is 2.88. The summed E-state index contributed by atoms with van der Waals surface area (Å²) in [5, 5.41) is 16.1. The number of benzene rings is 3. The van der Waals surface area contributed by atoms with Gasteiger partial charge in [0.1, 0.15) is 17.2 Å². The van der Waals surface area contributed by atoms with Crippen molar-refractivity contribution in [3.8, 4) is 17.2 Å². The number of carbonyl (C=O) groups excluding carboxylic acids is 2. The zero-order chi connectivity index (χ0) is 23.8. The van der Waals surface area contributed by atoms with Gasteiger partial charge in [-0.1, -0.05) is 18.2 Å². The predicted molar refractivity (Wildman–Crippen MR) is 121 cm³/mol. The SMILES string of the molecule is COc1cc(NC(=O)c2ccccc2)c(OC)cc1NC(=O)COc1ccc([N+](=O)[O-])cc1. The Morgan fingerprint density at radius 2 is 1.45 bits per heavy atom. The van der Waals surface area contributed by atoms with Crippen LogP contribution in [0.25, 0.3) is 0 Å². The van der Waals surface area contributed by atoms with Crippen molar-refractivity contribution in [3.05, 3.63) is 82.4 Å². The first-order valence-corrected chi connectivity index (χ1v) is 9.70. The van der Waals surface area contributed by atoms with Crippen LogP contribution in [0.4, 0.5) is 17.1 Å². The van der Waals surface area contributed by atoms with Crippen molar-refractivity contribution < 1.29 is 28.7 Å². The fraction of sp³-hybridized carbons (Fsp3) is 0.130. The topological polar surface area (TPSA) is 129 Å². The van der Waals surface area contributed by atoms with Gasteiger partial charge < -0.3 is 24.8 Å². The van der Waals surface area contributed by atoms with E-state index in [0.29, 0.717) is 34.2 Å². The number of non-ortho nitro benzene ring substituents is 1. The number of nitro groups is 1. The van der Waals surface area contributed by atoms with Crippen LogP contribution in [0.3, 0.4) is 0 Å². The molecule has 33 heavy (non-hydrogen) atoms. The largest absolute Gasteiger partial charge is 0.494 e. The van der Waals surface area contributed by atoms with E-state index < -0.39 is 10.8 Å². The molecule has 2 amide bonds. The second kappa shape index (κ2) is 10.6. The highest BCUT2D eigenvalue weighted by molar-refractivity contribution is 6.05. The molecular formula is C23H21N3O7. The van der Waals surface area contributed by atoms with Crippen molar-refractivity contribution in [1.82, 2.24) is 0 Å². The maximum atomic E-state index is 12.5. The van der Waals surface area contributed by atoms with E-state index in [-0.39, 0.29) is 18.2 Å². The average Bonchev–Trinajstić information content (AvgIpc) is 2.84. The molecule has 0 fully saturated rings. The number of ether oxygens (including phenoxy) is 3. The van der Waals surface area contributed by atoms with Crippen LogP contribution in [-0.4, -0.2) is 37.6 Å². The second-order valence-electron chi connectivity index (χ2n) is 6.66. The van der Waals surface area contributed by atoms with Gasteiger partial charge in [-0.3, -0.25) is 19.7 Å². The van der Waals surface area contributed by atoms with Crippen LogP contribution < -0.4 is 24.8 Å². The van der Waals surface area contributed by atoms with Crippen LogP contribution in [0.2, 0.25) is 0 Å². The van der Waals surface area contributed by atoms with Gasteiger partial charge in [-0.15, -0.1) is 0 Å². The molecule has 0 spiro atoms. The van der Waals surface area contributed by atoms with E-state index in [4.69, 9.17) is 14.2 Å². The Balaban J connectivity index is 1.70. The number of hydrogen-bond donors (Lipinski definition) is 2.